The molecule has 1 aliphatic carbocycles. The molecule has 34 heavy (non-hydrogen) atoms. The van der Waals surface area contributed by atoms with Crippen molar-refractivity contribution in [2.45, 2.75) is 63.6 Å². The predicted molar refractivity (Wildman–Crippen MR) is 135 cm³/mol. The number of carbonyl (C=O) groups is 2. The van der Waals surface area contributed by atoms with Gasteiger partial charge in [-0.25, -0.2) is 4.79 Å². The van der Waals surface area contributed by atoms with Crippen molar-refractivity contribution < 1.29 is 14.3 Å². The molecule has 0 bridgehead atoms. The number of aryl methyl sites for hydroxylation is 2. The molecule has 0 unspecified atom stereocenters. The van der Waals surface area contributed by atoms with Gasteiger partial charge in [-0.1, -0.05) is 24.6 Å². The number of nitrogens with zero attached hydrogens (tertiary/aromatic N) is 4. The number of anilines is 1. The van der Waals surface area contributed by atoms with E-state index in [-0.39, 0.29) is 17.6 Å². The van der Waals surface area contributed by atoms with Crippen LogP contribution in [0.1, 0.15) is 64.9 Å². The average molecular weight is 502 g/mol. The third kappa shape index (κ3) is 5.38. The molecule has 0 spiro atoms. The van der Waals surface area contributed by atoms with Crippen LogP contribution in [-0.2, 0) is 42.4 Å². The quantitative estimate of drug-likeness (QED) is 0.362. The Morgan fingerprint density at radius 2 is 2.00 bits per heavy atom. The van der Waals surface area contributed by atoms with E-state index in [4.69, 9.17) is 4.74 Å². The molecule has 0 atom stereocenters. The van der Waals surface area contributed by atoms with Crippen molar-refractivity contribution in [2.24, 2.45) is 7.05 Å². The van der Waals surface area contributed by atoms with E-state index in [2.05, 4.69) is 26.1 Å². The van der Waals surface area contributed by atoms with Gasteiger partial charge in [-0.2, -0.15) is 0 Å². The molecule has 0 saturated heterocycles. The van der Waals surface area contributed by atoms with Crippen LogP contribution in [0.25, 0.3) is 0 Å². The van der Waals surface area contributed by atoms with Crippen LogP contribution in [-0.4, -0.2) is 44.1 Å². The van der Waals surface area contributed by atoms with Crippen molar-refractivity contribution in [1.82, 2.24) is 19.3 Å². The Kier molecular flexibility index (Phi) is 8.10. The molecule has 3 heterocycles. The van der Waals surface area contributed by atoms with E-state index in [1.165, 1.54) is 47.9 Å². The van der Waals surface area contributed by atoms with Gasteiger partial charge in [0.15, 0.2) is 5.16 Å². The zero-order valence-electron chi connectivity index (χ0n) is 19.9. The number of fused-ring (bicyclic) bond motifs is 1. The van der Waals surface area contributed by atoms with Crippen LogP contribution in [0, 0.1) is 0 Å². The highest BCUT2D eigenvalue weighted by molar-refractivity contribution is 7.99. The minimum absolute atomic E-state index is 0.168. The van der Waals surface area contributed by atoms with Crippen molar-refractivity contribution in [3.05, 3.63) is 45.9 Å². The summed E-state index contributed by atoms with van der Waals surface area (Å²) in [6.07, 6.45) is 9.01. The van der Waals surface area contributed by atoms with Crippen molar-refractivity contribution in [3.63, 3.8) is 0 Å². The van der Waals surface area contributed by atoms with E-state index >= 15 is 0 Å². The van der Waals surface area contributed by atoms with E-state index in [0.29, 0.717) is 22.1 Å². The fourth-order valence-corrected chi connectivity index (χ4v) is 6.45. The summed E-state index contributed by atoms with van der Waals surface area (Å²) in [5, 5.41) is 13.0. The summed E-state index contributed by atoms with van der Waals surface area (Å²) in [6.45, 7) is 2.77. The van der Waals surface area contributed by atoms with Gasteiger partial charge in [0.05, 0.1) is 18.4 Å². The van der Waals surface area contributed by atoms with Crippen LogP contribution in [0.4, 0.5) is 5.00 Å². The zero-order chi connectivity index (χ0) is 24.1. The van der Waals surface area contributed by atoms with Gasteiger partial charge in [0.1, 0.15) is 10.8 Å². The molecule has 4 rings (SSSR count). The SMILES string of the molecule is CCn1c(Cc2cccn2C)nnc1SCC(=O)Nc1sc2c(c1C(=O)OC)CCCCCC2. The smallest absolute Gasteiger partial charge is 0.341 e. The van der Waals surface area contributed by atoms with Crippen molar-refractivity contribution in [3.8, 4) is 0 Å². The van der Waals surface area contributed by atoms with Crippen LogP contribution in [0.3, 0.4) is 0 Å². The summed E-state index contributed by atoms with van der Waals surface area (Å²) < 4.78 is 9.17. The monoisotopic (exact) mass is 501 g/mol. The topological polar surface area (TPSA) is 91.0 Å². The minimum atomic E-state index is -0.378. The Balaban J connectivity index is 1.46. The molecular weight excluding hydrogens is 470 g/mol. The highest BCUT2D eigenvalue weighted by atomic mass is 32.2. The first kappa shape index (κ1) is 24.5. The Hall–Kier alpha value is -2.59. The van der Waals surface area contributed by atoms with E-state index in [9.17, 15) is 9.59 Å². The lowest BCUT2D eigenvalue weighted by molar-refractivity contribution is -0.113. The van der Waals surface area contributed by atoms with Crippen LogP contribution in [0.5, 0.6) is 0 Å². The summed E-state index contributed by atoms with van der Waals surface area (Å²) >= 11 is 2.87. The number of thiophene rings is 1. The molecule has 3 aromatic rings. The molecule has 1 aliphatic rings. The van der Waals surface area contributed by atoms with Crippen LogP contribution >= 0.6 is 23.1 Å². The van der Waals surface area contributed by atoms with Gasteiger partial charge in [0.2, 0.25) is 5.91 Å². The van der Waals surface area contributed by atoms with Crippen LogP contribution in [0.15, 0.2) is 23.5 Å². The summed E-state index contributed by atoms with van der Waals surface area (Å²) in [5.41, 5.74) is 2.74. The Labute approximate surface area is 208 Å². The molecule has 0 aliphatic heterocycles. The van der Waals surface area contributed by atoms with Gasteiger partial charge in [-0.05, 0) is 50.3 Å². The third-order valence-corrected chi connectivity index (χ3v) is 8.32. The van der Waals surface area contributed by atoms with Gasteiger partial charge >= 0.3 is 5.97 Å². The Morgan fingerprint density at radius 1 is 1.21 bits per heavy atom. The van der Waals surface area contributed by atoms with E-state index in [1.807, 2.05) is 30.8 Å². The number of ether oxygens (including phenoxy) is 1. The number of carbonyl (C=O) groups excluding carboxylic acids is 2. The highest BCUT2D eigenvalue weighted by Crippen LogP contribution is 2.37. The van der Waals surface area contributed by atoms with Crippen LogP contribution in [0.2, 0.25) is 0 Å². The standard InChI is InChI=1S/C24H31N5O3S2/c1-4-29-19(14-16-10-9-13-28(16)2)26-27-24(29)33-15-20(30)25-22-21(23(31)32-3)17-11-7-5-6-8-12-18(17)34-22/h9-10,13H,4-8,11-12,14-15H2,1-3H3,(H,25,30). The number of aromatic nitrogens is 4. The minimum Gasteiger partial charge on any atom is -0.465 e. The van der Waals surface area contributed by atoms with Gasteiger partial charge in [-0.3, -0.25) is 4.79 Å². The van der Waals surface area contributed by atoms with E-state index < -0.39 is 0 Å². The number of hydrogen-bond donors (Lipinski definition) is 1. The highest BCUT2D eigenvalue weighted by Gasteiger charge is 2.26. The third-order valence-electron chi connectivity index (χ3n) is 6.15. The Morgan fingerprint density at radius 3 is 2.71 bits per heavy atom. The molecule has 0 fully saturated rings. The number of rotatable bonds is 8. The first-order chi connectivity index (χ1) is 16.5. The van der Waals surface area contributed by atoms with Gasteiger partial charge < -0.3 is 19.2 Å². The molecule has 0 radical (unpaired) electrons. The first-order valence-corrected chi connectivity index (χ1v) is 13.5. The zero-order valence-corrected chi connectivity index (χ0v) is 21.6. The maximum atomic E-state index is 12.9. The molecule has 0 saturated carbocycles. The molecular formula is C24H31N5O3S2. The second-order valence-electron chi connectivity index (χ2n) is 8.38. The molecule has 10 heteroatoms. The predicted octanol–water partition coefficient (Wildman–Crippen LogP) is 4.47. The van der Waals surface area contributed by atoms with Crippen molar-refractivity contribution in [1.29, 1.82) is 0 Å². The molecule has 1 N–H and O–H groups in total. The fourth-order valence-electron chi connectivity index (χ4n) is 4.33. The fraction of sp³-hybridized carbons (Fsp3) is 0.500. The summed E-state index contributed by atoms with van der Waals surface area (Å²) in [4.78, 5) is 26.6. The van der Waals surface area contributed by atoms with Crippen LogP contribution < -0.4 is 5.32 Å². The number of methoxy groups -OCH3 is 1. The summed E-state index contributed by atoms with van der Waals surface area (Å²) in [5.74, 6) is 0.514. The number of hydrogen-bond acceptors (Lipinski definition) is 7. The normalized spacial score (nSPS) is 13.7. The maximum absolute atomic E-state index is 12.9. The number of nitrogens with one attached hydrogen (secondary N) is 1. The largest absolute Gasteiger partial charge is 0.465 e. The number of thioether (sulfide) groups is 1. The average Bonchev–Trinajstić information content (AvgIpc) is 3.49. The summed E-state index contributed by atoms with van der Waals surface area (Å²) in [6, 6.07) is 4.08. The molecule has 3 aromatic heterocycles. The van der Waals surface area contributed by atoms with Gasteiger partial charge in [0, 0.05) is 36.8 Å². The van der Waals surface area contributed by atoms with Crippen molar-refractivity contribution >= 4 is 40.0 Å². The molecule has 8 nitrogen and oxygen atoms in total. The molecule has 1 amide bonds. The lowest BCUT2D eigenvalue weighted by Crippen LogP contribution is -2.17. The number of esters is 1. The number of amides is 1. The summed E-state index contributed by atoms with van der Waals surface area (Å²) in [7, 11) is 3.40. The van der Waals surface area contributed by atoms with E-state index in [0.717, 1.165) is 49.3 Å². The second-order valence-corrected chi connectivity index (χ2v) is 10.4. The second kappa shape index (κ2) is 11.2. The molecule has 182 valence electrons. The van der Waals surface area contributed by atoms with Crippen molar-refractivity contribution in [2.75, 3.05) is 18.2 Å². The Bertz CT molecular complexity index is 1160. The maximum Gasteiger partial charge on any atom is 0.341 e. The molecule has 0 aromatic carbocycles. The van der Waals surface area contributed by atoms with Gasteiger partial charge in [0.25, 0.3) is 0 Å². The lowest BCUT2D eigenvalue weighted by atomic mass is 9.96. The van der Waals surface area contributed by atoms with Gasteiger partial charge in [-0.15, -0.1) is 21.5 Å². The lowest BCUT2D eigenvalue weighted by Gasteiger charge is -2.11. The first-order valence-electron chi connectivity index (χ1n) is 11.7. The van der Waals surface area contributed by atoms with E-state index in [1.54, 1.807) is 0 Å².